The summed E-state index contributed by atoms with van der Waals surface area (Å²) in [6, 6.07) is 64.2. The normalized spacial score (nSPS) is 11.6. The molecule has 3 heterocycles. The van der Waals surface area contributed by atoms with E-state index in [-0.39, 0.29) is 0 Å². The Balaban J connectivity index is 1.30. The molecule has 0 amide bonds. The molecule has 0 atom stereocenters. The number of hydrogen-bond donors (Lipinski definition) is 0. The lowest BCUT2D eigenvalue weighted by atomic mass is 10.0. The summed E-state index contributed by atoms with van der Waals surface area (Å²) in [5.74, 6) is 1.51. The first-order valence-electron chi connectivity index (χ1n) is 16.9. The molecule has 50 heavy (non-hydrogen) atoms. The monoisotopic (exact) mass is 638 g/mol. The second kappa shape index (κ2) is 11.4. The van der Waals surface area contributed by atoms with Crippen LogP contribution in [0.5, 0.6) is 0 Å². The van der Waals surface area contributed by atoms with E-state index < -0.39 is 0 Å². The molecule has 0 saturated carbocycles. The lowest BCUT2D eigenvalue weighted by Gasteiger charge is -2.14. The van der Waals surface area contributed by atoms with Crippen molar-refractivity contribution < 1.29 is 0 Å². The number of para-hydroxylation sites is 3. The molecule has 0 aliphatic heterocycles. The minimum absolute atomic E-state index is 0.683. The highest BCUT2D eigenvalue weighted by atomic mass is 15.1. The first-order chi connectivity index (χ1) is 24.8. The van der Waals surface area contributed by atoms with Crippen LogP contribution in [-0.2, 0) is 0 Å². The van der Waals surface area contributed by atoms with Gasteiger partial charge in [-0.25, -0.2) is 9.97 Å². The Labute approximate surface area is 289 Å². The van der Waals surface area contributed by atoms with Gasteiger partial charge in [0.1, 0.15) is 5.82 Å². The van der Waals surface area contributed by atoms with Crippen LogP contribution in [0.15, 0.2) is 182 Å². The van der Waals surface area contributed by atoms with E-state index in [1.807, 2.05) is 12.1 Å². The fourth-order valence-electron chi connectivity index (χ4n) is 7.46. The third kappa shape index (κ3) is 4.46. The Hall–Kier alpha value is -6.78. The molecule has 0 radical (unpaired) electrons. The summed E-state index contributed by atoms with van der Waals surface area (Å²) in [7, 11) is 0. The molecule has 234 valence electrons. The molecule has 0 unspecified atom stereocenters. The Bertz CT molecular complexity index is 2830. The predicted octanol–water partition coefficient (Wildman–Crippen LogP) is 11.7. The van der Waals surface area contributed by atoms with Gasteiger partial charge in [0.2, 0.25) is 0 Å². The molecule has 10 aromatic rings. The second-order valence-corrected chi connectivity index (χ2v) is 12.6. The molecule has 0 bridgehead atoms. The zero-order valence-electron chi connectivity index (χ0n) is 27.1. The second-order valence-electron chi connectivity index (χ2n) is 12.6. The van der Waals surface area contributed by atoms with E-state index in [1.165, 1.54) is 32.6 Å². The van der Waals surface area contributed by atoms with Crippen molar-refractivity contribution in [3.8, 4) is 45.3 Å². The van der Waals surface area contributed by atoms with Gasteiger partial charge in [0, 0.05) is 44.4 Å². The van der Waals surface area contributed by atoms with E-state index in [9.17, 15) is 0 Å². The van der Waals surface area contributed by atoms with Crippen molar-refractivity contribution in [2.45, 2.75) is 0 Å². The maximum Gasteiger partial charge on any atom is 0.162 e. The summed E-state index contributed by atoms with van der Waals surface area (Å²) < 4.78 is 4.76. The number of hydrogen-bond acceptors (Lipinski definition) is 2. The molecule has 0 N–H and O–H groups in total. The standard InChI is InChI=1S/C46H30N4/c1-4-14-31(15-5-1)32-24-26-34(27-25-32)46-47-40(33-16-6-2-7-17-33)30-43(48-46)50-42-23-13-11-21-37(42)39-29-28-38-36-20-10-12-22-41(36)49(44(38)45(39)50)35-18-8-3-9-19-35/h1-30H. The molecular formula is C46H30N4. The van der Waals surface area contributed by atoms with Crippen LogP contribution in [0.2, 0.25) is 0 Å². The maximum absolute atomic E-state index is 5.38. The summed E-state index contributed by atoms with van der Waals surface area (Å²) in [6.45, 7) is 0. The summed E-state index contributed by atoms with van der Waals surface area (Å²) in [6.07, 6.45) is 0. The predicted molar refractivity (Wildman–Crippen MR) is 207 cm³/mol. The van der Waals surface area contributed by atoms with E-state index in [4.69, 9.17) is 9.97 Å². The Morgan fingerprint density at radius 2 is 0.820 bits per heavy atom. The molecule has 4 nitrogen and oxygen atoms in total. The number of benzene rings is 7. The van der Waals surface area contributed by atoms with Crippen LogP contribution in [0.4, 0.5) is 0 Å². The third-order valence-corrected chi connectivity index (χ3v) is 9.74. The number of rotatable bonds is 5. The van der Waals surface area contributed by atoms with Gasteiger partial charge < -0.3 is 4.57 Å². The van der Waals surface area contributed by atoms with Gasteiger partial charge in [0.05, 0.1) is 27.8 Å². The topological polar surface area (TPSA) is 35.6 Å². The van der Waals surface area contributed by atoms with Crippen molar-refractivity contribution in [2.24, 2.45) is 0 Å². The van der Waals surface area contributed by atoms with E-state index in [0.29, 0.717) is 5.82 Å². The third-order valence-electron chi connectivity index (χ3n) is 9.74. The van der Waals surface area contributed by atoms with E-state index in [1.54, 1.807) is 0 Å². The molecule has 0 fully saturated rings. The van der Waals surface area contributed by atoms with Gasteiger partial charge in [-0.1, -0.05) is 152 Å². The van der Waals surface area contributed by atoms with Gasteiger partial charge in [-0.3, -0.25) is 4.57 Å². The highest BCUT2D eigenvalue weighted by Crippen LogP contribution is 2.42. The number of fused-ring (bicyclic) bond motifs is 7. The van der Waals surface area contributed by atoms with Crippen molar-refractivity contribution in [1.29, 1.82) is 0 Å². The molecule has 0 saturated heterocycles. The molecule has 4 heteroatoms. The van der Waals surface area contributed by atoms with Crippen molar-refractivity contribution >= 4 is 43.6 Å². The Morgan fingerprint density at radius 1 is 0.340 bits per heavy atom. The van der Waals surface area contributed by atoms with Gasteiger partial charge in [-0.15, -0.1) is 0 Å². The van der Waals surface area contributed by atoms with Crippen LogP contribution >= 0.6 is 0 Å². The Kier molecular flexibility index (Phi) is 6.46. The lowest BCUT2D eigenvalue weighted by molar-refractivity contribution is 1.05. The SMILES string of the molecule is c1ccc(-c2ccc(-c3nc(-c4ccccc4)cc(-n4c5ccccc5c5ccc6c7ccccc7n(-c7ccccc7)c6c54)n3)cc2)cc1. The minimum atomic E-state index is 0.683. The molecule has 0 spiro atoms. The van der Waals surface area contributed by atoms with Gasteiger partial charge in [-0.2, -0.15) is 0 Å². The van der Waals surface area contributed by atoms with E-state index >= 15 is 0 Å². The zero-order valence-corrected chi connectivity index (χ0v) is 27.1. The molecule has 0 aliphatic rings. The van der Waals surface area contributed by atoms with Crippen LogP contribution in [-0.4, -0.2) is 19.1 Å². The first-order valence-corrected chi connectivity index (χ1v) is 16.9. The van der Waals surface area contributed by atoms with Gasteiger partial charge in [0.15, 0.2) is 5.82 Å². The molecule has 0 aliphatic carbocycles. The van der Waals surface area contributed by atoms with Crippen molar-refractivity contribution in [1.82, 2.24) is 19.1 Å². The van der Waals surface area contributed by atoms with E-state index in [0.717, 1.165) is 50.4 Å². The molecule has 10 rings (SSSR count). The summed E-state index contributed by atoms with van der Waals surface area (Å²) in [4.78, 5) is 10.6. The van der Waals surface area contributed by atoms with Crippen LogP contribution in [0, 0.1) is 0 Å². The summed E-state index contributed by atoms with van der Waals surface area (Å²) >= 11 is 0. The van der Waals surface area contributed by atoms with Crippen molar-refractivity contribution in [3.05, 3.63) is 182 Å². The van der Waals surface area contributed by atoms with Gasteiger partial charge >= 0.3 is 0 Å². The highest BCUT2D eigenvalue weighted by Gasteiger charge is 2.22. The fourth-order valence-corrected chi connectivity index (χ4v) is 7.46. The summed E-state index contributed by atoms with van der Waals surface area (Å²) in [5, 5.41) is 4.79. The first kappa shape index (κ1) is 28.3. The minimum Gasteiger partial charge on any atom is -0.307 e. The van der Waals surface area contributed by atoms with Crippen LogP contribution in [0.1, 0.15) is 0 Å². The van der Waals surface area contributed by atoms with Gasteiger partial charge in [-0.05, 0) is 35.4 Å². The summed E-state index contributed by atoms with van der Waals surface area (Å²) in [5.41, 5.74) is 10.9. The molecule has 7 aromatic carbocycles. The number of aromatic nitrogens is 4. The fraction of sp³-hybridized carbons (Fsp3) is 0. The van der Waals surface area contributed by atoms with E-state index in [2.05, 4.69) is 179 Å². The van der Waals surface area contributed by atoms with Crippen molar-refractivity contribution in [2.75, 3.05) is 0 Å². The zero-order chi connectivity index (χ0) is 33.0. The maximum atomic E-state index is 5.38. The number of nitrogens with zero attached hydrogens (tertiary/aromatic N) is 4. The van der Waals surface area contributed by atoms with Crippen LogP contribution in [0.3, 0.4) is 0 Å². The van der Waals surface area contributed by atoms with Gasteiger partial charge in [0.25, 0.3) is 0 Å². The molecule has 3 aromatic heterocycles. The Morgan fingerprint density at radius 3 is 1.46 bits per heavy atom. The lowest BCUT2D eigenvalue weighted by Crippen LogP contribution is -2.04. The average Bonchev–Trinajstić information content (AvgIpc) is 3.72. The quantitative estimate of drug-likeness (QED) is 0.188. The highest BCUT2D eigenvalue weighted by molar-refractivity contribution is 6.23. The smallest absolute Gasteiger partial charge is 0.162 e. The largest absolute Gasteiger partial charge is 0.307 e. The molecular weight excluding hydrogens is 609 g/mol. The average molecular weight is 639 g/mol. The van der Waals surface area contributed by atoms with Crippen molar-refractivity contribution in [3.63, 3.8) is 0 Å². The van der Waals surface area contributed by atoms with Crippen LogP contribution < -0.4 is 0 Å². The van der Waals surface area contributed by atoms with Crippen LogP contribution in [0.25, 0.3) is 88.9 Å².